The minimum absolute atomic E-state index is 0.0640. The number of ether oxygens (including phenoxy) is 2. The molecule has 2 aliphatic heterocycles. The molecule has 2 saturated heterocycles. The van der Waals surface area contributed by atoms with Crippen LogP contribution in [0.1, 0.15) is 12.8 Å². The maximum atomic E-state index is 13.6. The number of halogens is 1. The summed E-state index contributed by atoms with van der Waals surface area (Å²) < 4.78 is 52.8. The molecule has 0 bridgehead atoms. The molecule has 0 spiro atoms. The summed E-state index contributed by atoms with van der Waals surface area (Å²) in [7, 11) is -3.45. The fourth-order valence-electron chi connectivity index (χ4n) is 3.08. The van der Waals surface area contributed by atoms with Gasteiger partial charge in [-0.3, -0.25) is 0 Å². The van der Waals surface area contributed by atoms with Crippen LogP contribution in [0.3, 0.4) is 0 Å². The van der Waals surface area contributed by atoms with Crippen LogP contribution in [-0.2, 0) is 14.9 Å². The number of para-hydroxylation sites is 1. The van der Waals surface area contributed by atoms with E-state index in [9.17, 15) is 12.8 Å². The Kier molecular flexibility index (Phi) is 5.70. The standard InChI is InChI=1S/C16H23FN2O4S/c17-15-5-1-2-6-16(15)23-13-14-4-3-7-19(12-14)24(20,21)18-8-10-22-11-9-18/h1-2,5-6,14H,3-4,7-13H2. The van der Waals surface area contributed by atoms with Crippen molar-refractivity contribution in [3.05, 3.63) is 30.1 Å². The molecule has 3 rings (SSSR count). The minimum atomic E-state index is -3.45. The van der Waals surface area contributed by atoms with E-state index in [2.05, 4.69) is 0 Å². The average molecular weight is 358 g/mol. The molecule has 8 heteroatoms. The zero-order valence-corrected chi connectivity index (χ0v) is 14.4. The monoisotopic (exact) mass is 358 g/mol. The molecule has 1 aromatic rings. The Labute approximate surface area is 142 Å². The number of morpholine rings is 1. The van der Waals surface area contributed by atoms with Gasteiger partial charge in [0.05, 0.1) is 19.8 Å². The van der Waals surface area contributed by atoms with Crippen LogP contribution in [0, 0.1) is 11.7 Å². The molecule has 0 N–H and O–H groups in total. The van der Waals surface area contributed by atoms with Crippen LogP contribution < -0.4 is 4.74 Å². The molecule has 6 nitrogen and oxygen atoms in total. The van der Waals surface area contributed by atoms with Gasteiger partial charge in [-0.2, -0.15) is 17.0 Å². The number of nitrogens with zero attached hydrogens (tertiary/aromatic N) is 2. The average Bonchev–Trinajstić information content (AvgIpc) is 2.62. The van der Waals surface area contributed by atoms with Gasteiger partial charge in [-0.15, -0.1) is 0 Å². The van der Waals surface area contributed by atoms with E-state index in [1.807, 2.05) is 0 Å². The van der Waals surface area contributed by atoms with Crippen LogP contribution in [0.25, 0.3) is 0 Å². The fraction of sp³-hybridized carbons (Fsp3) is 0.625. The van der Waals surface area contributed by atoms with Gasteiger partial charge in [-0.25, -0.2) is 4.39 Å². The lowest BCUT2D eigenvalue weighted by molar-refractivity contribution is 0.0684. The van der Waals surface area contributed by atoms with Crippen molar-refractivity contribution in [2.75, 3.05) is 46.0 Å². The Bertz CT molecular complexity index is 649. The molecule has 24 heavy (non-hydrogen) atoms. The minimum Gasteiger partial charge on any atom is -0.490 e. The second kappa shape index (κ2) is 7.77. The molecule has 2 aliphatic rings. The van der Waals surface area contributed by atoms with E-state index in [4.69, 9.17) is 9.47 Å². The lowest BCUT2D eigenvalue weighted by atomic mass is 10.0. The third-order valence-electron chi connectivity index (χ3n) is 4.42. The molecule has 0 aromatic heterocycles. The number of rotatable bonds is 5. The van der Waals surface area contributed by atoms with Crippen molar-refractivity contribution in [2.24, 2.45) is 5.92 Å². The summed E-state index contributed by atoms with van der Waals surface area (Å²) in [5.74, 6) is -0.120. The summed E-state index contributed by atoms with van der Waals surface area (Å²) in [5.41, 5.74) is 0. The number of hydrogen-bond acceptors (Lipinski definition) is 4. The Hall–Kier alpha value is -1.22. The molecule has 1 unspecified atom stereocenters. The molecule has 0 amide bonds. The first-order chi connectivity index (χ1) is 11.6. The first-order valence-corrected chi connectivity index (χ1v) is 9.67. The molecule has 0 aliphatic carbocycles. The summed E-state index contributed by atoms with van der Waals surface area (Å²) in [6.45, 7) is 2.92. The zero-order chi connectivity index (χ0) is 17.0. The second-order valence-corrected chi connectivity index (χ2v) is 8.06. The van der Waals surface area contributed by atoms with Crippen molar-refractivity contribution in [3.8, 4) is 5.75 Å². The quantitative estimate of drug-likeness (QED) is 0.800. The highest BCUT2D eigenvalue weighted by Crippen LogP contribution is 2.23. The second-order valence-electron chi connectivity index (χ2n) is 6.13. The lowest BCUT2D eigenvalue weighted by Gasteiger charge is -2.36. The molecular weight excluding hydrogens is 335 g/mol. The normalized spacial score (nSPS) is 24.0. The fourth-order valence-corrected chi connectivity index (χ4v) is 4.78. The van der Waals surface area contributed by atoms with Crippen molar-refractivity contribution in [1.29, 1.82) is 0 Å². The topological polar surface area (TPSA) is 59.1 Å². The van der Waals surface area contributed by atoms with Crippen molar-refractivity contribution >= 4 is 10.2 Å². The molecule has 2 heterocycles. The predicted octanol–water partition coefficient (Wildman–Crippen LogP) is 1.49. The smallest absolute Gasteiger partial charge is 0.282 e. The Balaban J connectivity index is 1.58. The van der Waals surface area contributed by atoms with E-state index < -0.39 is 16.0 Å². The highest BCUT2D eigenvalue weighted by atomic mass is 32.2. The summed E-state index contributed by atoms with van der Waals surface area (Å²) in [6, 6.07) is 6.26. The van der Waals surface area contributed by atoms with Crippen molar-refractivity contribution in [1.82, 2.24) is 8.61 Å². The summed E-state index contributed by atoms with van der Waals surface area (Å²) >= 11 is 0. The van der Waals surface area contributed by atoms with Crippen molar-refractivity contribution < 1.29 is 22.3 Å². The number of piperidine rings is 1. The van der Waals surface area contributed by atoms with Crippen LogP contribution in [0.2, 0.25) is 0 Å². The van der Waals surface area contributed by atoms with E-state index in [1.165, 1.54) is 14.7 Å². The first-order valence-electron chi connectivity index (χ1n) is 8.27. The van der Waals surface area contributed by atoms with E-state index in [1.54, 1.807) is 18.2 Å². The van der Waals surface area contributed by atoms with Crippen molar-refractivity contribution in [2.45, 2.75) is 12.8 Å². The van der Waals surface area contributed by atoms with E-state index in [-0.39, 0.29) is 11.7 Å². The number of benzene rings is 1. The molecule has 134 valence electrons. The molecule has 0 radical (unpaired) electrons. The van der Waals surface area contributed by atoms with Gasteiger partial charge in [0.25, 0.3) is 10.2 Å². The van der Waals surface area contributed by atoms with Crippen LogP contribution in [0.4, 0.5) is 4.39 Å². The van der Waals surface area contributed by atoms with E-state index in [0.717, 1.165) is 12.8 Å². The molecule has 1 aromatic carbocycles. The van der Waals surface area contributed by atoms with Crippen LogP contribution >= 0.6 is 0 Å². The van der Waals surface area contributed by atoms with Crippen LogP contribution in [0.15, 0.2) is 24.3 Å². The van der Waals surface area contributed by atoms with Gasteiger partial charge in [0.15, 0.2) is 11.6 Å². The summed E-state index contributed by atoms with van der Waals surface area (Å²) in [4.78, 5) is 0. The Morgan fingerprint density at radius 3 is 2.67 bits per heavy atom. The van der Waals surface area contributed by atoms with Gasteiger partial charge in [-0.1, -0.05) is 12.1 Å². The summed E-state index contributed by atoms with van der Waals surface area (Å²) in [6.07, 6.45) is 1.67. The molecule has 0 saturated carbocycles. The maximum Gasteiger partial charge on any atom is 0.282 e. The van der Waals surface area contributed by atoms with Gasteiger partial charge >= 0.3 is 0 Å². The SMILES string of the molecule is O=S(=O)(N1CCOCC1)N1CCCC(COc2ccccc2F)C1. The van der Waals surface area contributed by atoms with Gasteiger partial charge in [0.2, 0.25) is 0 Å². The third-order valence-corrected chi connectivity index (χ3v) is 6.42. The first kappa shape index (κ1) is 17.6. The van der Waals surface area contributed by atoms with E-state index >= 15 is 0 Å². The van der Waals surface area contributed by atoms with E-state index in [0.29, 0.717) is 46.0 Å². The maximum absolute atomic E-state index is 13.6. The Morgan fingerprint density at radius 1 is 1.17 bits per heavy atom. The van der Waals surface area contributed by atoms with Gasteiger partial charge in [0.1, 0.15) is 0 Å². The third kappa shape index (κ3) is 4.05. The number of hydrogen-bond donors (Lipinski definition) is 0. The molecule has 2 fully saturated rings. The molecular formula is C16H23FN2O4S. The Morgan fingerprint density at radius 2 is 1.92 bits per heavy atom. The van der Waals surface area contributed by atoms with Crippen LogP contribution in [-0.4, -0.2) is 63.0 Å². The summed E-state index contributed by atoms with van der Waals surface area (Å²) in [5, 5.41) is 0. The zero-order valence-electron chi connectivity index (χ0n) is 13.6. The van der Waals surface area contributed by atoms with Crippen molar-refractivity contribution in [3.63, 3.8) is 0 Å². The van der Waals surface area contributed by atoms with Gasteiger partial charge in [0, 0.05) is 32.1 Å². The highest BCUT2D eigenvalue weighted by molar-refractivity contribution is 7.86. The molecule has 1 atom stereocenters. The van der Waals surface area contributed by atoms with Gasteiger partial charge < -0.3 is 9.47 Å². The largest absolute Gasteiger partial charge is 0.490 e. The highest BCUT2D eigenvalue weighted by Gasteiger charge is 2.34. The predicted molar refractivity (Wildman–Crippen MR) is 87.5 cm³/mol. The lowest BCUT2D eigenvalue weighted by Crippen LogP contribution is -2.51. The van der Waals surface area contributed by atoms with Crippen LogP contribution in [0.5, 0.6) is 5.75 Å². The van der Waals surface area contributed by atoms with Gasteiger partial charge in [-0.05, 0) is 25.0 Å².